The van der Waals surface area contributed by atoms with Gasteiger partial charge in [-0.2, -0.15) is 0 Å². The molecule has 0 spiro atoms. The Bertz CT molecular complexity index is 484. The highest BCUT2D eigenvalue weighted by molar-refractivity contribution is 7.12. The minimum atomic E-state index is -0.0296. The lowest BCUT2D eigenvalue weighted by Crippen LogP contribution is -2.18. The van der Waals surface area contributed by atoms with Crippen molar-refractivity contribution < 1.29 is 9.47 Å². The van der Waals surface area contributed by atoms with Crippen molar-refractivity contribution in [2.75, 3.05) is 19.8 Å². The van der Waals surface area contributed by atoms with Gasteiger partial charge in [-0.3, -0.25) is 0 Å². The van der Waals surface area contributed by atoms with E-state index in [1.807, 2.05) is 30.3 Å². The lowest BCUT2D eigenvalue weighted by molar-refractivity contribution is 0.0401. The molecule has 0 fully saturated rings. The van der Waals surface area contributed by atoms with Crippen LogP contribution >= 0.6 is 11.3 Å². The van der Waals surface area contributed by atoms with Crippen molar-refractivity contribution in [2.45, 2.75) is 13.0 Å². The topological polar surface area (TPSA) is 44.5 Å². The van der Waals surface area contributed by atoms with E-state index >= 15 is 0 Å². The normalized spacial score (nSPS) is 12.3. The van der Waals surface area contributed by atoms with Crippen LogP contribution < -0.4 is 10.5 Å². The molecule has 3 nitrogen and oxygen atoms in total. The molecule has 19 heavy (non-hydrogen) atoms. The molecule has 0 radical (unpaired) electrons. The zero-order chi connectivity index (χ0) is 13.5. The Morgan fingerprint density at radius 1 is 1.11 bits per heavy atom. The molecule has 0 saturated carbocycles. The van der Waals surface area contributed by atoms with Gasteiger partial charge in [0.25, 0.3) is 0 Å². The maximum atomic E-state index is 5.77. The summed E-state index contributed by atoms with van der Waals surface area (Å²) >= 11 is 1.73. The van der Waals surface area contributed by atoms with E-state index in [4.69, 9.17) is 15.2 Å². The maximum absolute atomic E-state index is 5.77. The monoisotopic (exact) mass is 277 g/mol. The van der Waals surface area contributed by atoms with Crippen molar-refractivity contribution in [2.24, 2.45) is 5.73 Å². The molecule has 1 aromatic carbocycles. The molecular formula is C15H19NO2S. The number of thiophene rings is 1. The van der Waals surface area contributed by atoms with Gasteiger partial charge in [-0.1, -0.05) is 18.2 Å². The molecule has 1 heterocycles. The number of hydrogen-bond donors (Lipinski definition) is 1. The number of benzene rings is 1. The highest BCUT2D eigenvalue weighted by Gasteiger charge is 2.11. The summed E-state index contributed by atoms with van der Waals surface area (Å²) in [5.41, 5.74) is 5.75. The minimum Gasteiger partial charge on any atom is -0.491 e. The summed E-state index contributed by atoms with van der Waals surface area (Å²) in [6.07, 6.45) is -0.0296. The van der Waals surface area contributed by atoms with Crippen LogP contribution in [0.4, 0.5) is 0 Å². The fourth-order valence-electron chi connectivity index (χ4n) is 1.76. The van der Waals surface area contributed by atoms with Gasteiger partial charge in [0.15, 0.2) is 0 Å². The SMILES string of the molecule is Cc1ccc(C(CN)OCCOc2ccccc2)s1. The standard InChI is InChI=1S/C15H19NO2S/c1-12-7-8-15(19-12)14(11-16)18-10-9-17-13-5-3-2-4-6-13/h2-8,14H,9-11,16H2,1H3. The van der Waals surface area contributed by atoms with Crippen molar-refractivity contribution in [1.29, 1.82) is 0 Å². The molecule has 2 rings (SSSR count). The van der Waals surface area contributed by atoms with Gasteiger partial charge in [-0.05, 0) is 31.2 Å². The molecule has 102 valence electrons. The first kappa shape index (κ1) is 14.1. The average Bonchev–Trinajstić information content (AvgIpc) is 2.86. The molecule has 0 amide bonds. The van der Waals surface area contributed by atoms with Gasteiger partial charge < -0.3 is 15.2 Å². The van der Waals surface area contributed by atoms with Gasteiger partial charge in [-0.25, -0.2) is 0 Å². The summed E-state index contributed by atoms with van der Waals surface area (Å²) in [6, 6.07) is 13.9. The van der Waals surface area contributed by atoms with Crippen LogP contribution in [0.1, 0.15) is 15.9 Å². The molecule has 1 atom stereocenters. The summed E-state index contributed by atoms with van der Waals surface area (Å²) in [5, 5.41) is 0. The second-order valence-corrected chi connectivity index (χ2v) is 5.52. The predicted octanol–water partition coefficient (Wildman–Crippen LogP) is 3.15. The first-order valence-electron chi connectivity index (χ1n) is 6.35. The third-order valence-electron chi connectivity index (χ3n) is 2.71. The quantitative estimate of drug-likeness (QED) is 0.791. The van der Waals surface area contributed by atoms with E-state index in [0.717, 1.165) is 5.75 Å². The van der Waals surface area contributed by atoms with E-state index in [1.165, 1.54) is 9.75 Å². The smallest absolute Gasteiger partial charge is 0.119 e. The Balaban J connectivity index is 1.75. The van der Waals surface area contributed by atoms with Crippen LogP contribution in [0.3, 0.4) is 0 Å². The van der Waals surface area contributed by atoms with Crippen molar-refractivity contribution >= 4 is 11.3 Å². The summed E-state index contributed by atoms with van der Waals surface area (Å²) in [5.74, 6) is 0.863. The molecule has 0 aliphatic carbocycles. The van der Waals surface area contributed by atoms with E-state index in [9.17, 15) is 0 Å². The van der Waals surface area contributed by atoms with Crippen molar-refractivity contribution in [1.82, 2.24) is 0 Å². The molecule has 2 N–H and O–H groups in total. The summed E-state index contributed by atoms with van der Waals surface area (Å²) in [4.78, 5) is 2.46. The fourth-order valence-corrected chi connectivity index (χ4v) is 2.70. The number of hydrogen-bond acceptors (Lipinski definition) is 4. The summed E-state index contributed by atoms with van der Waals surface area (Å²) in [6.45, 7) is 3.64. The second kappa shape index (κ2) is 7.28. The summed E-state index contributed by atoms with van der Waals surface area (Å²) in [7, 11) is 0. The Kier molecular flexibility index (Phi) is 5.39. The van der Waals surface area contributed by atoms with Crippen molar-refractivity contribution in [3.8, 4) is 5.75 Å². The molecule has 1 aromatic heterocycles. The van der Waals surface area contributed by atoms with E-state index < -0.39 is 0 Å². The Morgan fingerprint density at radius 2 is 1.89 bits per heavy atom. The zero-order valence-electron chi connectivity index (χ0n) is 11.0. The number of aryl methyl sites for hydroxylation is 1. The molecule has 4 heteroatoms. The third kappa shape index (κ3) is 4.35. The van der Waals surface area contributed by atoms with Crippen LogP contribution in [0.2, 0.25) is 0 Å². The van der Waals surface area contributed by atoms with Gasteiger partial charge in [-0.15, -0.1) is 11.3 Å². The molecule has 1 unspecified atom stereocenters. The molecule has 0 aliphatic heterocycles. The largest absolute Gasteiger partial charge is 0.491 e. The third-order valence-corrected chi connectivity index (χ3v) is 3.80. The van der Waals surface area contributed by atoms with Gasteiger partial charge in [0.05, 0.1) is 6.61 Å². The van der Waals surface area contributed by atoms with E-state index in [2.05, 4.69) is 19.1 Å². The van der Waals surface area contributed by atoms with Gasteiger partial charge in [0.1, 0.15) is 18.5 Å². The first-order valence-corrected chi connectivity index (χ1v) is 7.17. The number of nitrogens with two attached hydrogens (primary N) is 1. The average molecular weight is 277 g/mol. The van der Waals surface area contributed by atoms with Crippen molar-refractivity contribution in [3.63, 3.8) is 0 Å². The van der Waals surface area contributed by atoms with Crippen LogP contribution in [-0.2, 0) is 4.74 Å². The molecule has 0 saturated heterocycles. The van der Waals surface area contributed by atoms with E-state index in [1.54, 1.807) is 11.3 Å². The lowest BCUT2D eigenvalue weighted by atomic mass is 10.3. The number of para-hydroxylation sites is 1. The second-order valence-electron chi connectivity index (χ2n) is 4.21. The molecular weight excluding hydrogens is 258 g/mol. The van der Waals surface area contributed by atoms with Crippen LogP contribution in [0.15, 0.2) is 42.5 Å². The van der Waals surface area contributed by atoms with Gasteiger partial charge in [0, 0.05) is 16.3 Å². The van der Waals surface area contributed by atoms with Crippen LogP contribution in [0.5, 0.6) is 5.75 Å². The molecule has 2 aromatic rings. The summed E-state index contributed by atoms with van der Waals surface area (Å²) < 4.78 is 11.4. The number of rotatable bonds is 7. The predicted molar refractivity (Wildman–Crippen MR) is 78.7 cm³/mol. The van der Waals surface area contributed by atoms with Gasteiger partial charge in [0.2, 0.25) is 0 Å². The van der Waals surface area contributed by atoms with Crippen LogP contribution in [0.25, 0.3) is 0 Å². The Hall–Kier alpha value is -1.36. The minimum absolute atomic E-state index is 0.0296. The van der Waals surface area contributed by atoms with E-state index in [0.29, 0.717) is 19.8 Å². The Morgan fingerprint density at radius 3 is 2.53 bits per heavy atom. The van der Waals surface area contributed by atoms with Crippen LogP contribution in [0, 0.1) is 6.92 Å². The lowest BCUT2D eigenvalue weighted by Gasteiger charge is -2.14. The van der Waals surface area contributed by atoms with Gasteiger partial charge >= 0.3 is 0 Å². The molecule has 0 bridgehead atoms. The Labute approximate surface area is 118 Å². The highest BCUT2D eigenvalue weighted by Crippen LogP contribution is 2.24. The number of ether oxygens (including phenoxy) is 2. The first-order chi connectivity index (χ1) is 9.29. The van der Waals surface area contributed by atoms with Crippen molar-refractivity contribution in [3.05, 3.63) is 52.2 Å². The van der Waals surface area contributed by atoms with E-state index in [-0.39, 0.29) is 6.10 Å². The maximum Gasteiger partial charge on any atom is 0.119 e. The zero-order valence-corrected chi connectivity index (χ0v) is 11.9. The highest BCUT2D eigenvalue weighted by atomic mass is 32.1. The fraction of sp³-hybridized carbons (Fsp3) is 0.333. The molecule has 0 aliphatic rings. The van der Waals surface area contributed by atoms with Crippen LogP contribution in [-0.4, -0.2) is 19.8 Å².